The van der Waals surface area contributed by atoms with Crippen LogP contribution >= 0.6 is 23.2 Å². The Bertz CT molecular complexity index is 639. The lowest BCUT2D eigenvalue weighted by molar-refractivity contribution is -0.895. The van der Waals surface area contributed by atoms with Gasteiger partial charge in [0, 0.05) is 12.1 Å². The van der Waals surface area contributed by atoms with Crippen LogP contribution in [0.5, 0.6) is 11.5 Å². The van der Waals surface area contributed by atoms with Crippen molar-refractivity contribution in [3.05, 3.63) is 22.2 Å². The number of hydrogen-bond donors (Lipinski definition) is 3. The van der Waals surface area contributed by atoms with E-state index in [0.29, 0.717) is 6.54 Å². The number of carbonyl (C=O) groups is 1. The van der Waals surface area contributed by atoms with Crippen molar-refractivity contribution in [3.8, 4) is 11.5 Å². The predicted octanol–water partition coefficient (Wildman–Crippen LogP) is 2.20. The Morgan fingerprint density at radius 3 is 2.08 bits per heavy atom. The molecule has 2 amide bonds. The Kier molecular flexibility index (Phi) is 6.36. The number of carbonyl (C=O) groups excluding carboxylic acids is 1. The van der Waals surface area contributed by atoms with E-state index >= 15 is 0 Å². The number of urea groups is 1. The Morgan fingerprint density at radius 1 is 1.15 bits per heavy atom. The van der Waals surface area contributed by atoms with E-state index in [9.17, 15) is 18.0 Å². The summed E-state index contributed by atoms with van der Waals surface area (Å²) >= 11 is 11.6. The average Bonchev–Trinajstić information content (AvgIpc) is 2.90. The van der Waals surface area contributed by atoms with Gasteiger partial charge in [-0.25, -0.2) is 4.79 Å². The van der Waals surface area contributed by atoms with Gasteiger partial charge in [0.2, 0.25) is 0 Å². The largest absolute Gasteiger partial charge is 0.492 e. The zero-order chi connectivity index (χ0) is 19.5. The maximum atomic E-state index is 13.5. The fourth-order valence-corrected chi connectivity index (χ4v) is 2.70. The highest BCUT2D eigenvalue weighted by Gasteiger charge is 2.65. The van der Waals surface area contributed by atoms with Crippen LogP contribution in [0, 0.1) is 0 Å². The molecule has 0 fully saturated rings. The van der Waals surface area contributed by atoms with Crippen LogP contribution in [-0.4, -0.2) is 44.3 Å². The highest BCUT2D eigenvalue weighted by Crippen LogP contribution is 2.47. The number of ether oxygens (including phenoxy) is 2. The molecule has 0 aliphatic carbocycles. The van der Waals surface area contributed by atoms with Crippen molar-refractivity contribution >= 4 is 29.2 Å². The first-order valence-electron chi connectivity index (χ1n) is 7.95. The summed E-state index contributed by atoms with van der Waals surface area (Å²) in [5, 5.41) is 4.08. The minimum absolute atomic E-state index is 0.00126. The summed E-state index contributed by atoms with van der Waals surface area (Å²) in [5.74, 6) is -3.90. The van der Waals surface area contributed by atoms with Crippen molar-refractivity contribution in [2.45, 2.75) is 25.9 Å². The number of likely N-dealkylation sites (N-methyl/N-ethyl adjacent to an activating group) is 1. The lowest BCUT2D eigenvalue weighted by Crippen LogP contribution is -3.12. The summed E-state index contributed by atoms with van der Waals surface area (Å²) in [5.41, 5.74) is 0. The number of hydrogen-bond acceptors (Lipinski definition) is 3. The highest BCUT2D eigenvalue weighted by molar-refractivity contribution is 6.42. The van der Waals surface area contributed by atoms with Gasteiger partial charge in [-0.05, 0) is 13.8 Å². The predicted molar refractivity (Wildman–Crippen MR) is 90.0 cm³/mol. The quantitative estimate of drug-likeness (QED) is 0.665. The fraction of sp³-hybridized carbons (Fsp3) is 0.533. The summed E-state index contributed by atoms with van der Waals surface area (Å²) in [7, 11) is 0. The molecule has 3 N–H and O–H groups in total. The molecule has 2 rings (SSSR count). The van der Waals surface area contributed by atoms with E-state index in [1.165, 1.54) is 4.90 Å². The van der Waals surface area contributed by atoms with Gasteiger partial charge in [-0.3, -0.25) is 5.32 Å². The average molecular weight is 417 g/mol. The number of amides is 2. The van der Waals surface area contributed by atoms with Crippen LogP contribution in [0.2, 0.25) is 10.0 Å². The SMILES string of the molecule is CC[NH+](CC)CCNC(=O)NC1(C(F)(F)F)Oc2cc(Cl)c(Cl)cc2O1. The van der Waals surface area contributed by atoms with Crippen LogP contribution in [-0.2, 0) is 0 Å². The van der Waals surface area contributed by atoms with Crippen LogP contribution in [0.3, 0.4) is 0 Å². The summed E-state index contributed by atoms with van der Waals surface area (Å²) in [6.07, 6.45) is -5.05. The van der Waals surface area contributed by atoms with E-state index in [2.05, 4.69) is 5.32 Å². The molecule has 1 aromatic carbocycles. The third kappa shape index (κ3) is 4.39. The van der Waals surface area contributed by atoms with Gasteiger partial charge < -0.3 is 19.7 Å². The Morgan fingerprint density at radius 2 is 1.65 bits per heavy atom. The first kappa shape index (κ1) is 20.7. The van der Waals surface area contributed by atoms with E-state index < -0.39 is 18.1 Å². The number of alkyl halides is 3. The molecule has 0 saturated heterocycles. The first-order valence-corrected chi connectivity index (χ1v) is 8.70. The molecule has 0 bridgehead atoms. The number of halogens is 5. The molecule has 0 aromatic heterocycles. The zero-order valence-electron chi connectivity index (χ0n) is 14.1. The molecule has 1 aliphatic rings. The summed E-state index contributed by atoms with van der Waals surface area (Å²) in [4.78, 5) is 13.1. The summed E-state index contributed by atoms with van der Waals surface area (Å²) in [6.45, 7) is 6.41. The van der Waals surface area contributed by atoms with E-state index in [0.717, 1.165) is 25.2 Å². The lowest BCUT2D eigenvalue weighted by Gasteiger charge is -2.29. The van der Waals surface area contributed by atoms with Gasteiger partial charge in [0.15, 0.2) is 11.5 Å². The van der Waals surface area contributed by atoms with Crippen LogP contribution in [0.4, 0.5) is 18.0 Å². The lowest BCUT2D eigenvalue weighted by atomic mass is 10.3. The number of fused-ring (bicyclic) bond motifs is 1. The Labute approximate surface area is 158 Å². The third-order valence-corrected chi connectivity index (χ3v) is 4.63. The minimum atomic E-state index is -5.05. The molecule has 1 aromatic rings. The molecular formula is C15H19Cl2F3N3O3+. The molecule has 6 nitrogen and oxygen atoms in total. The molecule has 0 saturated carbocycles. The molecule has 0 unspecified atom stereocenters. The molecule has 1 heterocycles. The summed E-state index contributed by atoms with van der Waals surface area (Å²) in [6, 6.07) is 1.12. The second-order valence-corrected chi connectivity index (χ2v) is 6.43. The highest BCUT2D eigenvalue weighted by atomic mass is 35.5. The van der Waals surface area contributed by atoms with Crippen molar-refractivity contribution in [2.75, 3.05) is 26.2 Å². The van der Waals surface area contributed by atoms with Crippen molar-refractivity contribution in [3.63, 3.8) is 0 Å². The number of nitrogens with one attached hydrogen (secondary N) is 3. The maximum absolute atomic E-state index is 13.5. The van der Waals surface area contributed by atoms with Crippen LogP contribution in [0.25, 0.3) is 0 Å². The number of rotatable bonds is 6. The molecule has 0 radical (unpaired) electrons. The molecule has 1 aliphatic heterocycles. The molecule has 0 atom stereocenters. The standard InChI is InChI=1S/C15H18Cl2F3N3O3/c1-3-23(4-2)6-5-21-13(24)22-15(14(18,19)20)25-11-7-9(16)10(17)8-12(11)26-15/h7-8H,3-6H2,1-2H3,(H2,21,22,24)/p+1. The molecule has 0 spiro atoms. The zero-order valence-corrected chi connectivity index (χ0v) is 15.6. The topological polar surface area (TPSA) is 64.0 Å². The normalized spacial score (nSPS) is 15.2. The van der Waals surface area contributed by atoms with Gasteiger partial charge in [0.25, 0.3) is 0 Å². The van der Waals surface area contributed by atoms with E-state index in [4.69, 9.17) is 32.7 Å². The molecule has 146 valence electrons. The van der Waals surface area contributed by atoms with Gasteiger partial charge in [0.05, 0.1) is 36.2 Å². The van der Waals surface area contributed by atoms with Gasteiger partial charge >= 0.3 is 18.1 Å². The van der Waals surface area contributed by atoms with Gasteiger partial charge in [-0.15, -0.1) is 0 Å². The molecule has 26 heavy (non-hydrogen) atoms. The van der Waals surface area contributed by atoms with Crippen molar-refractivity contribution < 1.29 is 32.3 Å². The van der Waals surface area contributed by atoms with Gasteiger partial charge in [-0.2, -0.15) is 13.2 Å². The van der Waals surface area contributed by atoms with Crippen LogP contribution in [0.1, 0.15) is 13.8 Å². The number of benzene rings is 1. The smallest absolute Gasteiger partial charge is 0.424 e. The van der Waals surface area contributed by atoms with Crippen LogP contribution < -0.4 is 25.0 Å². The van der Waals surface area contributed by atoms with Crippen molar-refractivity contribution in [2.24, 2.45) is 0 Å². The molecule has 11 heteroatoms. The maximum Gasteiger partial charge on any atom is 0.492 e. The van der Waals surface area contributed by atoms with Gasteiger partial charge in [-0.1, -0.05) is 23.2 Å². The fourth-order valence-electron chi connectivity index (χ4n) is 2.39. The van der Waals surface area contributed by atoms with Gasteiger partial charge in [0.1, 0.15) is 0 Å². The van der Waals surface area contributed by atoms with Crippen molar-refractivity contribution in [1.82, 2.24) is 10.6 Å². The first-order chi connectivity index (χ1) is 12.1. The second-order valence-electron chi connectivity index (χ2n) is 5.62. The Balaban J connectivity index is 2.09. The monoisotopic (exact) mass is 416 g/mol. The third-order valence-electron chi connectivity index (χ3n) is 3.91. The van der Waals surface area contributed by atoms with Crippen molar-refractivity contribution in [1.29, 1.82) is 0 Å². The summed E-state index contributed by atoms with van der Waals surface area (Å²) < 4.78 is 50.4. The minimum Gasteiger partial charge on any atom is -0.424 e. The molecular weight excluding hydrogens is 398 g/mol. The number of quaternary nitrogens is 1. The second kappa shape index (κ2) is 7.98. The van der Waals surface area contributed by atoms with E-state index in [-0.39, 0.29) is 28.1 Å². The van der Waals surface area contributed by atoms with E-state index in [1.807, 2.05) is 13.8 Å². The Hall–Kier alpha value is -1.58. The van der Waals surface area contributed by atoms with E-state index in [1.54, 1.807) is 5.32 Å². The van der Waals surface area contributed by atoms with Crippen LogP contribution in [0.15, 0.2) is 12.1 Å².